The summed E-state index contributed by atoms with van der Waals surface area (Å²) in [5, 5.41) is 4.18. The molecule has 0 aliphatic carbocycles. The Morgan fingerprint density at radius 1 is 1.29 bits per heavy atom. The molecule has 0 radical (unpaired) electrons. The maximum absolute atomic E-state index is 13.6. The second-order valence-corrected chi connectivity index (χ2v) is 4.00. The van der Waals surface area contributed by atoms with Gasteiger partial charge in [0.2, 0.25) is 0 Å². The van der Waals surface area contributed by atoms with Crippen LogP contribution in [-0.4, -0.2) is 9.78 Å². The van der Waals surface area contributed by atoms with Gasteiger partial charge in [-0.25, -0.2) is 13.5 Å². The molecule has 1 heterocycles. The summed E-state index contributed by atoms with van der Waals surface area (Å²) in [4.78, 5) is 0. The minimum absolute atomic E-state index is 0.362. The maximum Gasteiger partial charge on any atom is 0.131 e. The molecule has 0 aliphatic heterocycles. The minimum atomic E-state index is -0.594. The molecule has 3 nitrogen and oxygen atoms in total. The van der Waals surface area contributed by atoms with E-state index in [1.54, 1.807) is 19.9 Å². The molecule has 0 bridgehead atoms. The van der Waals surface area contributed by atoms with Gasteiger partial charge >= 0.3 is 0 Å². The van der Waals surface area contributed by atoms with E-state index in [1.165, 1.54) is 16.8 Å². The van der Waals surface area contributed by atoms with E-state index in [0.717, 1.165) is 11.8 Å². The quantitative estimate of drug-likeness (QED) is 0.872. The van der Waals surface area contributed by atoms with E-state index >= 15 is 0 Å². The molecule has 0 amide bonds. The molecule has 1 unspecified atom stereocenters. The molecule has 1 aromatic heterocycles. The van der Waals surface area contributed by atoms with Crippen molar-refractivity contribution in [2.75, 3.05) is 5.73 Å². The smallest absolute Gasteiger partial charge is 0.131 e. The predicted octanol–water partition coefficient (Wildman–Crippen LogP) is 2.66. The van der Waals surface area contributed by atoms with E-state index in [2.05, 4.69) is 5.10 Å². The van der Waals surface area contributed by atoms with Gasteiger partial charge in [-0.05, 0) is 19.9 Å². The summed E-state index contributed by atoms with van der Waals surface area (Å²) in [5.41, 5.74) is 6.89. The largest absolute Gasteiger partial charge is 0.384 e. The van der Waals surface area contributed by atoms with Crippen LogP contribution in [0.5, 0.6) is 0 Å². The summed E-state index contributed by atoms with van der Waals surface area (Å²) in [5.74, 6) is -0.730. The number of anilines is 1. The summed E-state index contributed by atoms with van der Waals surface area (Å²) in [6.45, 7) is 3.57. The van der Waals surface area contributed by atoms with Crippen molar-refractivity contribution < 1.29 is 8.78 Å². The van der Waals surface area contributed by atoms with E-state index in [-0.39, 0.29) is 6.04 Å². The van der Waals surface area contributed by atoms with Gasteiger partial charge in [-0.15, -0.1) is 0 Å². The van der Waals surface area contributed by atoms with Crippen LogP contribution in [0.2, 0.25) is 0 Å². The molecule has 2 rings (SSSR count). The highest BCUT2D eigenvalue weighted by molar-refractivity contribution is 5.33. The van der Waals surface area contributed by atoms with Crippen molar-refractivity contribution in [3.63, 3.8) is 0 Å². The molecule has 1 atom stereocenters. The number of rotatable bonds is 2. The van der Waals surface area contributed by atoms with Gasteiger partial charge in [-0.1, -0.05) is 6.07 Å². The normalized spacial score (nSPS) is 12.7. The lowest BCUT2D eigenvalue weighted by molar-refractivity contribution is 0.514. The lowest BCUT2D eigenvalue weighted by atomic mass is 10.1. The third kappa shape index (κ3) is 2.13. The van der Waals surface area contributed by atoms with Gasteiger partial charge < -0.3 is 5.73 Å². The Bertz CT molecular complexity index is 549. The minimum Gasteiger partial charge on any atom is -0.384 e. The van der Waals surface area contributed by atoms with E-state index in [1.807, 2.05) is 0 Å². The van der Waals surface area contributed by atoms with Gasteiger partial charge in [0, 0.05) is 17.7 Å². The number of aromatic nitrogens is 2. The number of nitrogens with zero attached hydrogens (tertiary/aromatic N) is 2. The van der Waals surface area contributed by atoms with Crippen molar-refractivity contribution in [2.45, 2.75) is 19.9 Å². The number of aryl methyl sites for hydroxylation is 1. The maximum atomic E-state index is 13.6. The zero-order valence-electron chi connectivity index (χ0n) is 9.61. The first-order valence-electron chi connectivity index (χ1n) is 5.25. The Morgan fingerprint density at radius 2 is 2.00 bits per heavy atom. The molecule has 0 saturated carbocycles. The van der Waals surface area contributed by atoms with Gasteiger partial charge in [-0.3, -0.25) is 0 Å². The number of nitrogens with two attached hydrogens (primary N) is 1. The Labute approximate surface area is 97.9 Å². The van der Waals surface area contributed by atoms with Crippen LogP contribution in [0.3, 0.4) is 0 Å². The summed E-state index contributed by atoms with van der Waals surface area (Å²) in [6.07, 6.45) is 0. The van der Waals surface area contributed by atoms with Gasteiger partial charge in [0.1, 0.15) is 17.5 Å². The Hall–Kier alpha value is -1.91. The Morgan fingerprint density at radius 3 is 2.53 bits per heavy atom. The summed E-state index contributed by atoms with van der Waals surface area (Å²) < 4.78 is 27.9. The summed E-state index contributed by atoms with van der Waals surface area (Å²) in [7, 11) is 0. The standard InChI is InChI=1S/C12H13F2N3/c1-7-5-12(15)17(16-7)8(2)10-4-3-9(13)6-11(10)14/h3-6,8H,15H2,1-2H3. The third-order valence-electron chi connectivity index (χ3n) is 2.67. The number of hydrogen-bond acceptors (Lipinski definition) is 2. The first kappa shape index (κ1) is 11.6. The van der Waals surface area contributed by atoms with E-state index in [9.17, 15) is 8.78 Å². The van der Waals surface area contributed by atoms with Gasteiger partial charge in [-0.2, -0.15) is 5.10 Å². The van der Waals surface area contributed by atoms with Gasteiger partial charge in [0.05, 0.1) is 11.7 Å². The second-order valence-electron chi connectivity index (χ2n) is 4.00. The van der Waals surface area contributed by atoms with E-state index in [4.69, 9.17) is 5.73 Å². The fourth-order valence-corrected chi connectivity index (χ4v) is 1.82. The lowest BCUT2D eigenvalue weighted by Gasteiger charge is -2.15. The van der Waals surface area contributed by atoms with Crippen molar-refractivity contribution in [3.05, 3.63) is 47.2 Å². The van der Waals surface area contributed by atoms with Crippen LogP contribution in [0.1, 0.15) is 24.2 Å². The van der Waals surface area contributed by atoms with Crippen LogP contribution in [0, 0.1) is 18.6 Å². The van der Waals surface area contributed by atoms with Crippen LogP contribution >= 0.6 is 0 Å². The molecule has 0 spiro atoms. The van der Waals surface area contributed by atoms with Crippen molar-refractivity contribution in [1.29, 1.82) is 0 Å². The zero-order chi connectivity index (χ0) is 12.6. The van der Waals surface area contributed by atoms with Gasteiger partial charge in [0.25, 0.3) is 0 Å². The Kier molecular flexibility index (Phi) is 2.83. The third-order valence-corrected chi connectivity index (χ3v) is 2.67. The van der Waals surface area contributed by atoms with Gasteiger partial charge in [0.15, 0.2) is 0 Å². The topological polar surface area (TPSA) is 43.8 Å². The molecular weight excluding hydrogens is 224 g/mol. The Balaban J connectivity index is 2.43. The highest BCUT2D eigenvalue weighted by Gasteiger charge is 2.16. The molecule has 0 saturated heterocycles. The van der Waals surface area contributed by atoms with E-state index in [0.29, 0.717) is 11.4 Å². The zero-order valence-corrected chi connectivity index (χ0v) is 9.61. The van der Waals surface area contributed by atoms with Crippen LogP contribution in [0.15, 0.2) is 24.3 Å². The number of hydrogen-bond donors (Lipinski definition) is 1. The monoisotopic (exact) mass is 237 g/mol. The average Bonchev–Trinajstić information content (AvgIpc) is 2.57. The molecular formula is C12H13F2N3. The number of halogens is 2. The first-order valence-corrected chi connectivity index (χ1v) is 5.25. The molecule has 2 N–H and O–H groups in total. The molecule has 0 fully saturated rings. The fourth-order valence-electron chi connectivity index (χ4n) is 1.82. The van der Waals surface area contributed by atoms with Crippen LogP contribution in [0.25, 0.3) is 0 Å². The van der Waals surface area contributed by atoms with Crippen molar-refractivity contribution in [2.24, 2.45) is 0 Å². The van der Waals surface area contributed by atoms with Crippen LogP contribution < -0.4 is 5.73 Å². The van der Waals surface area contributed by atoms with Crippen LogP contribution in [-0.2, 0) is 0 Å². The number of benzene rings is 1. The lowest BCUT2D eigenvalue weighted by Crippen LogP contribution is -2.13. The molecule has 17 heavy (non-hydrogen) atoms. The summed E-state index contributed by atoms with van der Waals surface area (Å²) >= 11 is 0. The first-order chi connectivity index (χ1) is 7.99. The van der Waals surface area contributed by atoms with Crippen LogP contribution in [0.4, 0.5) is 14.6 Å². The average molecular weight is 237 g/mol. The number of nitrogen functional groups attached to an aromatic ring is 1. The molecule has 2 aromatic rings. The van der Waals surface area contributed by atoms with Crippen molar-refractivity contribution >= 4 is 5.82 Å². The SMILES string of the molecule is Cc1cc(N)n(C(C)c2ccc(F)cc2F)n1. The fraction of sp³-hybridized carbons (Fsp3) is 0.250. The molecule has 1 aromatic carbocycles. The highest BCUT2D eigenvalue weighted by Crippen LogP contribution is 2.23. The van der Waals surface area contributed by atoms with Crippen molar-refractivity contribution in [1.82, 2.24) is 9.78 Å². The highest BCUT2D eigenvalue weighted by atomic mass is 19.1. The molecule has 0 aliphatic rings. The van der Waals surface area contributed by atoms with Crippen molar-refractivity contribution in [3.8, 4) is 0 Å². The molecule has 90 valence electrons. The predicted molar refractivity (Wildman–Crippen MR) is 61.5 cm³/mol. The second kappa shape index (κ2) is 4.16. The summed E-state index contributed by atoms with van der Waals surface area (Å²) in [6, 6.07) is 4.83. The molecule has 5 heteroatoms. The van der Waals surface area contributed by atoms with E-state index < -0.39 is 11.6 Å².